The van der Waals surface area contributed by atoms with Crippen molar-refractivity contribution in [1.82, 2.24) is 9.88 Å². The van der Waals surface area contributed by atoms with Gasteiger partial charge >= 0.3 is 12.1 Å². The lowest BCUT2D eigenvalue weighted by Gasteiger charge is -2.31. The molecule has 0 unspecified atom stereocenters. The highest BCUT2D eigenvalue weighted by atomic mass is 16.6. The SMILES string of the molecule is CC(C)(C)OC(=O)N1CCc2nc3ccc(OC(=O)c4ccccc4)cc3cc2C1. The number of aromatic nitrogens is 1. The molecule has 6 heteroatoms. The molecule has 0 saturated carbocycles. The first-order valence-electron chi connectivity index (χ1n) is 9.96. The lowest BCUT2D eigenvalue weighted by molar-refractivity contribution is 0.0223. The molecular weight excluding hydrogens is 380 g/mol. The zero-order valence-corrected chi connectivity index (χ0v) is 17.3. The Bertz CT molecular complexity index is 1100. The van der Waals surface area contributed by atoms with Gasteiger partial charge in [-0.2, -0.15) is 0 Å². The number of carbonyl (C=O) groups is 2. The maximum Gasteiger partial charge on any atom is 0.410 e. The summed E-state index contributed by atoms with van der Waals surface area (Å²) >= 11 is 0. The average molecular weight is 404 g/mol. The predicted octanol–water partition coefficient (Wildman–Crippen LogP) is 4.75. The molecule has 30 heavy (non-hydrogen) atoms. The van der Waals surface area contributed by atoms with Crippen molar-refractivity contribution in [2.75, 3.05) is 6.54 Å². The Kier molecular flexibility index (Phi) is 5.16. The van der Waals surface area contributed by atoms with Crippen LogP contribution in [0.25, 0.3) is 10.9 Å². The molecular formula is C24H24N2O4. The fourth-order valence-corrected chi connectivity index (χ4v) is 3.40. The van der Waals surface area contributed by atoms with Crippen molar-refractivity contribution in [3.63, 3.8) is 0 Å². The minimum atomic E-state index is -0.531. The zero-order valence-electron chi connectivity index (χ0n) is 17.3. The molecule has 0 saturated heterocycles. The predicted molar refractivity (Wildman–Crippen MR) is 113 cm³/mol. The largest absolute Gasteiger partial charge is 0.444 e. The van der Waals surface area contributed by atoms with Crippen molar-refractivity contribution in [2.24, 2.45) is 0 Å². The van der Waals surface area contributed by atoms with Gasteiger partial charge in [-0.25, -0.2) is 9.59 Å². The van der Waals surface area contributed by atoms with E-state index in [2.05, 4.69) is 0 Å². The van der Waals surface area contributed by atoms with Gasteiger partial charge < -0.3 is 14.4 Å². The Balaban J connectivity index is 1.55. The summed E-state index contributed by atoms with van der Waals surface area (Å²) < 4.78 is 11.0. The molecule has 0 fully saturated rings. The number of hydrogen-bond acceptors (Lipinski definition) is 5. The van der Waals surface area contributed by atoms with Gasteiger partial charge in [0, 0.05) is 24.0 Å². The summed E-state index contributed by atoms with van der Waals surface area (Å²) in [6, 6.07) is 16.3. The topological polar surface area (TPSA) is 68.7 Å². The molecule has 0 aliphatic carbocycles. The third-order valence-corrected chi connectivity index (χ3v) is 4.81. The molecule has 0 bridgehead atoms. The normalized spacial score (nSPS) is 13.6. The summed E-state index contributed by atoms with van der Waals surface area (Å²) in [5.41, 5.74) is 2.76. The van der Waals surface area contributed by atoms with Crippen LogP contribution in [0.15, 0.2) is 54.6 Å². The standard InChI is InChI=1S/C24H24N2O4/c1-24(2,3)30-23(28)26-12-11-21-18(15-26)13-17-14-19(9-10-20(17)25-21)29-22(27)16-7-5-4-6-8-16/h4-10,13-14H,11-12,15H2,1-3H3. The monoisotopic (exact) mass is 404 g/mol. The number of esters is 1. The van der Waals surface area contributed by atoms with Crippen LogP contribution < -0.4 is 4.74 Å². The van der Waals surface area contributed by atoms with E-state index in [4.69, 9.17) is 14.5 Å². The van der Waals surface area contributed by atoms with Gasteiger partial charge in [0.15, 0.2) is 0 Å². The number of rotatable bonds is 2. The van der Waals surface area contributed by atoms with E-state index in [1.807, 2.05) is 39.0 Å². The van der Waals surface area contributed by atoms with Gasteiger partial charge in [0.2, 0.25) is 0 Å². The lowest BCUT2D eigenvalue weighted by atomic mass is 10.0. The maximum atomic E-state index is 12.4. The molecule has 2 heterocycles. The van der Waals surface area contributed by atoms with E-state index in [0.29, 0.717) is 30.8 Å². The Morgan fingerprint density at radius 2 is 1.80 bits per heavy atom. The summed E-state index contributed by atoms with van der Waals surface area (Å²) in [6.45, 7) is 6.59. The Morgan fingerprint density at radius 1 is 1.03 bits per heavy atom. The summed E-state index contributed by atoms with van der Waals surface area (Å²) in [6.07, 6.45) is 0.355. The van der Waals surface area contributed by atoms with Crippen molar-refractivity contribution in [3.05, 3.63) is 71.4 Å². The van der Waals surface area contributed by atoms with Crippen LogP contribution in [0.4, 0.5) is 4.79 Å². The quantitative estimate of drug-likeness (QED) is 0.456. The molecule has 6 nitrogen and oxygen atoms in total. The van der Waals surface area contributed by atoms with Gasteiger partial charge in [0.05, 0.1) is 17.6 Å². The summed E-state index contributed by atoms with van der Waals surface area (Å²) in [4.78, 5) is 31.2. The van der Waals surface area contributed by atoms with Crippen molar-refractivity contribution in [1.29, 1.82) is 0 Å². The van der Waals surface area contributed by atoms with Crippen LogP contribution in [0.2, 0.25) is 0 Å². The van der Waals surface area contributed by atoms with Crippen molar-refractivity contribution in [2.45, 2.75) is 39.3 Å². The molecule has 0 N–H and O–H groups in total. The number of nitrogens with zero attached hydrogens (tertiary/aromatic N) is 2. The first-order valence-corrected chi connectivity index (χ1v) is 9.96. The number of pyridine rings is 1. The molecule has 4 rings (SSSR count). The number of fused-ring (bicyclic) bond motifs is 2. The fourth-order valence-electron chi connectivity index (χ4n) is 3.40. The molecule has 1 aliphatic heterocycles. The van der Waals surface area contributed by atoms with Gasteiger partial charge in [-0.05, 0) is 62.7 Å². The maximum absolute atomic E-state index is 12.4. The highest BCUT2D eigenvalue weighted by molar-refractivity contribution is 5.91. The first-order chi connectivity index (χ1) is 14.3. The summed E-state index contributed by atoms with van der Waals surface area (Å²) in [5, 5.41) is 0.859. The van der Waals surface area contributed by atoms with E-state index in [9.17, 15) is 9.59 Å². The Morgan fingerprint density at radius 3 is 2.53 bits per heavy atom. The van der Waals surface area contributed by atoms with E-state index in [1.54, 1.807) is 41.3 Å². The summed E-state index contributed by atoms with van der Waals surface area (Å²) in [5.74, 6) is 0.0508. The molecule has 3 aromatic rings. The smallest absolute Gasteiger partial charge is 0.410 e. The van der Waals surface area contributed by atoms with E-state index < -0.39 is 11.6 Å². The molecule has 0 atom stereocenters. The molecule has 1 amide bonds. The highest BCUT2D eigenvalue weighted by Crippen LogP contribution is 2.26. The number of benzene rings is 2. The van der Waals surface area contributed by atoms with Crippen LogP contribution in [0.1, 0.15) is 42.4 Å². The van der Waals surface area contributed by atoms with Crippen molar-refractivity contribution < 1.29 is 19.1 Å². The Labute approximate surface area is 175 Å². The van der Waals surface area contributed by atoms with Crippen LogP contribution in [-0.2, 0) is 17.7 Å². The number of ether oxygens (including phenoxy) is 2. The second-order valence-electron chi connectivity index (χ2n) is 8.36. The van der Waals surface area contributed by atoms with Gasteiger partial charge in [-0.15, -0.1) is 0 Å². The van der Waals surface area contributed by atoms with Crippen LogP contribution >= 0.6 is 0 Å². The van der Waals surface area contributed by atoms with Gasteiger partial charge in [-0.3, -0.25) is 4.98 Å². The number of carbonyl (C=O) groups excluding carboxylic acids is 2. The summed E-state index contributed by atoms with van der Waals surface area (Å²) in [7, 11) is 0. The van der Waals surface area contributed by atoms with Crippen molar-refractivity contribution in [3.8, 4) is 5.75 Å². The molecule has 1 aliphatic rings. The Hall–Kier alpha value is -3.41. The first kappa shape index (κ1) is 19.9. The average Bonchev–Trinajstić information content (AvgIpc) is 2.71. The van der Waals surface area contributed by atoms with E-state index in [0.717, 1.165) is 22.2 Å². The molecule has 1 aromatic heterocycles. The van der Waals surface area contributed by atoms with Gasteiger partial charge in [0.25, 0.3) is 0 Å². The van der Waals surface area contributed by atoms with E-state index >= 15 is 0 Å². The second-order valence-corrected chi connectivity index (χ2v) is 8.36. The lowest BCUT2D eigenvalue weighted by Crippen LogP contribution is -2.40. The third-order valence-electron chi connectivity index (χ3n) is 4.81. The fraction of sp³-hybridized carbons (Fsp3) is 0.292. The zero-order chi connectivity index (χ0) is 21.3. The number of amides is 1. The van der Waals surface area contributed by atoms with Gasteiger partial charge in [0.1, 0.15) is 11.4 Å². The van der Waals surface area contributed by atoms with Gasteiger partial charge in [-0.1, -0.05) is 18.2 Å². The minimum absolute atomic E-state index is 0.321. The minimum Gasteiger partial charge on any atom is -0.444 e. The molecule has 0 radical (unpaired) electrons. The van der Waals surface area contributed by atoms with Crippen LogP contribution in [0.3, 0.4) is 0 Å². The highest BCUT2D eigenvalue weighted by Gasteiger charge is 2.26. The van der Waals surface area contributed by atoms with E-state index in [1.165, 1.54) is 0 Å². The second kappa shape index (κ2) is 7.78. The number of hydrogen-bond donors (Lipinski definition) is 0. The third kappa shape index (κ3) is 4.43. The molecule has 2 aromatic carbocycles. The molecule has 154 valence electrons. The van der Waals surface area contributed by atoms with Crippen molar-refractivity contribution >= 4 is 23.0 Å². The van der Waals surface area contributed by atoms with E-state index in [-0.39, 0.29) is 6.09 Å². The van der Waals surface area contributed by atoms with Crippen LogP contribution in [0.5, 0.6) is 5.75 Å². The van der Waals surface area contributed by atoms with Crippen LogP contribution in [0, 0.1) is 0 Å². The van der Waals surface area contributed by atoms with Crippen LogP contribution in [-0.4, -0.2) is 34.1 Å². The molecule has 0 spiro atoms.